The number of benzene rings is 1. The van der Waals surface area contributed by atoms with Crippen molar-refractivity contribution < 1.29 is 18.6 Å². The number of methoxy groups -OCH3 is 1. The van der Waals surface area contributed by atoms with Crippen molar-refractivity contribution in [1.82, 2.24) is 9.78 Å². The maximum Gasteiger partial charge on any atom is 0.174 e. The van der Waals surface area contributed by atoms with Gasteiger partial charge < -0.3 is 19.9 Å². The summed E-state index contributed by atoms with van der Waals surface area (Å²) in [7, 11) is 3.10. The molecule has 0 atom stereocenters. The highest BCUT2D eigenvalue weighted by molar-refractivity contribution is 5.79. The lowest BCUT2D eigenvalue weighted by atomic mass is 10.1. The maximum atomic E-state index is 14.1. The zero-order valence-corrected chi connectivity index (χ0v) is 11.1. The molecule has 0 saturated heterocycles. The van der Waals surface area contributed by atoms with Crippen molar-refractivity contribution in [2.45, 2.75) is 0 Å². The molecule has 0 spiro atoms. The number of anilines is 1. The third-order valence-corrected chi connectivity index (χ3v) is 3.12. The summed E-state index contributed by atoms with van der Waals surface area (Å²) in [5.41, 5.74) is 6.66. The number of ether oxygens (including phenoxy) is 3. The summed E-state index contributed by atoms with van der Waals surface area (Å²) in [5, 5.41) is 4.25. The van der Waals surface area contributed by atoms with Crippen LogP contribution in [-0.4, -0.2) is 30.1 Å². The first-order chi connectivity index (χ1) is 9.61. The van der Waals surface area contributed by atoms with E-state index in [1.165, 1.54) is 17.9 Å². The molecule has 1 aliphatic rings. The Kier molecular flexibility index (Phi) is 2.89. The second-order valence-corrected chi connectivity index (χ2v) is 4.37. The zero-order chi connectivity index (χ0) is 14.3. The van der Waals surface area contributed by atoms with Gasteiger partial charge in [-0.3, -0.25) is 4.68 Å². The van der Waals surface area contributed by atoms with E-state index in [0.29, 0.717) is 41.8 Å². The molecule has 106 valence electrons. The van der Waals surface area contributed by atoms with Crippen molar-refractivity contribution in [2.75, 3.05) is 26.1 Å². The molecule has 0 unspecified atom stereocenters. The lowest BCUT2D eigenvalue weighted by molar-refractivity contribution is 0.170. The SMILES string of the molecule is COc1c(F)cc2c(c1-c1cc(N)n(C)n1)OCCO2. The lowest BCUT2D eigenvalue weighted by Gasteiger charge is -2.22. The highest BCUT2D eigenvalue weighted by Gasteiger charge is 2.27. The average molecular weight is 279 g/mol. The van der Waals surface area contributed by atoms with Gasteiger partial charge in [-0.1, -0.05) is 0 Å². The predicted molar refractivity (Wildman–Crippen MR) is 70.6 cm³/mol. The number of rotatable bonds is 2. The number of aryl methyl sites for hydroxylation is 1. The number of nitrogens with zero attached hydrogens (tertiary/aromatic N) is 2. The van der Waals surface area contributed by atoms with Crippen LogP contribution in [0.25, 0.3) is 11.3 Å². The Morgan fingerprint density at radius 1 is 1.35 bits per heavy atom. The van der Waals surface area contributed by atoms with Crippen molar-refractivity contribution in [3.63, 3.8) is 0 Å². The van der Waals surface area contributed by atoms with E-state index in [1.54, 1.807) is 13.1 Å². The number of nitrogens with two attached hydrogens (primary N) is 1. The normalized spacial score (nSPS) is 13.3. The molecule has 0 radical (unpaired) electrons. The van der Waals surface area contributed by atoms with Crippen molar-refractivity contribution in [1.29, 1.82) is 0 Å². The summed E-state index contributed by atoms with van der Waals surface area (Å²) in [4.78, 5) is 0. The molecule has 7 heteroatoms. The predicted octanol–water partition coefficient (Wildman–Crippen LogP) is 1.59. The monoisotopic (exact) mass is 279 g/mol. The number of fused-ring (bicyclic) bond motifs is 1. The fourth-order valence-electron chi connectivity index (χ4n) is 2.17. The van der Waals surface area contributed by atoms with E-state index in [4.69, 9.17) is 19.9 Å². The topological polar surface area (TPSA) is 71.5 Å². The van der Waals surface area contributed by atoms with Gasteiger partial charge in [0.15, 0.2) is 23.1 Å². The average Bonchev–Trinajstić information content (AvgIpc) is 2.76. The van der Waals surface area contributed by atoms with E-state index in [0.717, 1.165) is 0 Å². The van der Waals surface area contributed by atoms with Crippen LogP contribution < -0.4 is 19.9 Å². The van der Waals surface area contributed by atoms with Crippen molar-refractivity contribution >= 4 is 5.82 Å². The van der Waals surface area contributed by atoms with Crippen LogP contribution in [0.5, 0.6) is 17.2 Å². The quantitative estimate of drug-likeness (QED) is 0.903. The standard InChI is InChI=1S/C13H14FN3O3/c1-17-10(15)6-8(16-17)11-12(18-2)7(14)5-9-13(11)20-4-3-19-9/h5-6H,3-4,15H2,1-2H3. The molecule has 0 bridgehead atoms. The van der Waals surface area contributed by atoms with Gasteiger partial charge in [-0.25, -0.2) is 4.39 Å². The Morgan fingerprint density at radius 2 is 2.10 bits per heavy atom. The molecule has 0 saturated carbocycles. The van der Waals surface area contributed by atoms with Crippen LogP contribution in [0.2, 0.25) is 0 Å². The number of halogens is 1. The van der Waals surface area contributed by atoms with Crippen LogP contribution in [0.3, 0.4) is 0 Å². The fourth-order valence-corrected chi connectivity index (χ4v) is 2.17. The third kappa shape index (κ3) is 1.82. The summed E-state index contributed by atoms with van der Waals surface area (Å²) in [5.74, 6) is 0.751. The Hall–Kier alpha value is -2.44. The minimum atomic E-state index is -0.532. The summed E-state index contributed by atoms with van der Waals surface area (Å²) in [6.45, 7) is 0.764. The first-order valence-electron chi connectivity index (χ1n) is 6.07. The van der Waals surface area contributed by atoms with Gasteiger partial charge in [0.05, 0.1) is 12.7 Å². The van der Waals surface area contributed by atoms with E-state index in [1.807, 2.05) is 0 Å². The van der Waals surface area contributed by atoms with Gasteiger partial charge in [0.1, 0.15) is 24.7 Å². The molecule has 1 aromatic heterocycles. The van der Waals surface area contributed by atoms with Crippen molar-refractivity contribution in [3.8, 4) is 28.5 Å². The van der Waals surface area contributed by atoms with Gasteiger partial charge in [0.2, 0.25) is 0 Å². The van der Waals surface area contributed by atoms with Gasteiger partial charge >= 0.3 is 0 Å². The maximum absolute atomic E-state index is 14.1. The first-order valence-corrected chi connectivity index (χ1v) is 6.07. The molecule has 2 N–H and O–H groups in total. The van der Waals surface area contributed by atoms with Gasteiger partial charge in [-0.15, -0.1) is 0 Å². The van der Waals surface area contributed by atoms with Gasteiger partial charge in [0, 0.05) is 19.2 Å². The van der Waals surface area contributed by atoms with Gasteiger partial charge in [0.25, 0.3) is 0 Å². The van der Waals surface area contributed by atoms with E-state index in [9.17, 15) is 4.39 Å². The van der Waals surface area contributed by atoms with E-state index in [-0.39, 0.29) is 5.75 Å². The minimum Gasteiger partial charge on any atom is -0.493 e. The molecule has 6 nitrogen and oxygen atoms in total. The van der Waals surface area contributed by atoms with E-state index >= 15 is 0 Å². The fraction of sp³-hybridized carbons (Fsp3) is 0.308. The van der Waals surface area contributed by atoms with Crippen LogP contribution >= 0.6 is 0 Å². The molecule has 0 fully saturated rings. The lowest BCUT2D eigenvalue weighted by Crippen LogP contribution is -2.16. The van der Waals surface area contributed by atoms with Crippen LogP contribution in [0.15, 0.2) is 12.1 Å². The van der Waals surface area contributed by atoms with Crippen LogP contribution in [0.4, 0.5) is 10.2 Å². The summed E-state index contributed by atoms with van der Waals surface area (Å²) >= 11 is 0. The smallest absolute Gasteiger partial charge is 0.174 e. The molecule has 2 aromatic rings. The first kappa shape index (κ1) is 12.6. The van der Waals surface area contributed by atoms with Crippen LogP contribution in [-0.2, 0) is 7.05 Å². The van der Waals surface area contributed by atoms with Crippen LogP contribution in [0.1, 0.15) is 0 Å². The van der Waals surface area contributed by atoms with Gasteiger partial charge in [-0.2, -0.15) is 5.10 Å². The van der Waals surface area contributed by atoms with Crippen molar-refractivity contribution in [2.24, 2.45) is 7.05 Å². The second kappa shape index (κ2) is 4.59. The molecule has 0 aliphatic carbocycles. The Morgan fingerprint density at radius 3 is 2.75 bits per heavy atom. The molecule has 0 amide bonds. The second-order valence-electron chi connectivity index (χ2n) is 4.37. The molecular formula is C13H14FN3O3. The van der Waals surface area contributed by atoms with E-state index < -0.39 is 5.82 Å². The van der Waals surface area contributed by atoms with Crippen molar-refractivity contribution in [3.05, 3.63) is 17.9 Å². The molecule has 2 heterocycles. The van der Waals surface area contributed by atoms with Crippen LogP contribution in [0, 0.1) is 5.82 Å². The number of nitrogen functional groups attached to an aromatic ring is 1. The van der Waals surface area contributed by atoms with Gasteiger partial charge in [-0.05, 0) is 0 Å². The Bertz CT molecular complexity index is 650. The molecule has 3 rings (SSSR count). The summed E-state index contributed by atoms with van der Waals surface area (Å²) in [6.07, 6.45) is 0. The highest BCUT2D eigenvalue weighted by atomic mass is 19.1. The molecule has 20 heavy (non-hydrogen) atoms. The molecule has 1 aromatic carbocycles. The largest absolute Gasteiger partial charge is 0.493 e. The number of hydrogen-bond acceptors (Lipinski definition) is 5. The third-order valence-electron chi connectivity index (χ3n) is 3.12. The summed E-state index contributed by atoms with van der Waals surface area (Å²) in [6, 6.07) is 2.89. The summed E-state index contributed by atoms with van der Waals surface area (Å²) < 4.78 is 31.8. The molecule has 1 aliphatic heterocycles. The van der Waals surface area contributed by atoms with E-state index in [2.05, 4.69) is 5.10 Å². The highest BCUT2D eigenvalue weighted by Crippen LogP contribution is 2.47. The number of hydrogen-bond donors (Lipinski definition) is 1. The Labute approximate surface area is 114 Å². The minimum absolute atomic E-state index is 0.0624. The zero-order valence-electron chi connectivity index (χ0n) is 11.1. The number of aromatic nitrogens is 2. The molecular weight excluding hydrogens is 265 g/mol. The Balaban J connectivity index is 2.28.